The van der Waals surface area contributed by atoms with Crippen molar-refractivity contribution in [3.05, 3.63) is 47.3 Å². The third-order valence-electron chi connectivity index (χ3n) is 4.79. The second-order valence-corrected chi connectivity index (χ2v) is 6.95. The van der Waals surface area contributed by atoms with Gasteiger partial charge in [0.05, 0.1) is 48.1 Å². The molecule has 1 aromatic heterocycles. The second kappa shape index (κ2) is 7.29. The van der Waals surface area contributed by atoms with Crippen molar-refractivity contribution in [2.24, 2.45) is 0 Å². The number of nitrogens with one attached hydrogen (secondary N) is 1. The lowest BCUT2D eigenvalue weighted by atomic mass is 9.78. The second-order valence-electron chi connectivity index (χ2n) is 6.95. The summed E-state index contributed by atoms with van der Waals surface area (Å²) in [6.45, 7) is 2.33. The summed E-state index contributed by atoms with van der Waals surface area (Å²) in [7, 11) is 0. The van der Waals surface area contributed by atoms with Crippen LogP contribution in [-0.2, 0) is 18.3 Å². The summed E-state index contributed by atoms with van der Waals surface area (Å²) < 4.78 is 39.9. The molecule has 1 fully saturated rings. The largest absolute Gasteiger partial charge is 0.416 e. The Morgan fingerprint density at radius 2 is 2.04 bits per heavy atom. The van der Waals surface area contributed by atoms with Gasteiger partial charge in [0.15, 0.2) is 0 Å². The number of hydrogen-bond donors (Lipinski definition) is 2. The maximum atomic E-state index is 12.8. The van der Waals surface area contributed by atoms with Crippen molar-refractivity contribution in [1.29, 1.82) is 5.26 Å². The van der Waals surface area contributed by atoms with Gasteiger partial charge in [0.2, 0.25) is 0 Å². The van der Waals surface area contributed by atoms with E-state index in [1.165, 1.54) is 12.1 Å². The number of benzene rings is 1. The molecule has 3 rings (SSSR count). The molecule has 1 unspecified atom stereocenters. The third kappa shape index (κ3) is 4.28. The Hall–Kier alpha value is -2.44. The van der Waals surface area contributed by atoms with Crippen LogP contribution in [-0.4, -0.2) is 26.1 Å². The quantitative estimate of drug-likeness (QED) is 0.853. The van der Waals surface area contributed by atoms with Crippen LogP contribution in [0.4, 0.5) is 13.2 Å². The first-order valence-corrected chi connectivity index (χ1v) is 8.64. The van der Waals surface area contributed by atoms with Gasteiger partial charge in [0.25, 0.3) is 0 Å². The molecular formula is C18H20F3N5O. The van der Waals surface area contributed by atoms with Crippen LogP contribution < -0.4 is 5.32 Å². The van der Waals surface area contributed by atoms with Gasteiger partial charge in [-0.1, -0.05) is 17.3 Å². The molecule has 3 atom stereocenters. The molecule has 0 saturated carbocycles. The Bertz CT molecular complexity index is 827. The first kappa shape index (κ1) is 19.3. The third-order valence-corrected chi connectivity index (χ3v) is 4.79. The number of aliphatic hydroxyl groups is 1. The standard InChI is InChI=1S/C18H20F3N5O/c1-12-9-17(27,13-3-5-14(6-4-13)18(19,20)21)10-15(23-12)16-11-26(25-24-16)8-2-7-22/h3-6,11-12,15,23,27H,2,8-10H2,1H3/t12-,15-,17?/m0/s1. The zero-order valence-corrected chi connectivity index (χ0v) is 14.7. The number of nitrogens with zero attached hydrogens (tertiary/aromatic N) is 4. The molecule has 9 heteroatoms. The van der Waals surface area contributed by atoms with Crippen LogP contribution in [0.25, 0.3) is 0 Å². The van der Waals surface area contributed by atoms with Crippen LogP contribution in [0, 0.1) is 11.3 Å². The van der Waals surface area contributed by atoms with Gasteiger partial charge in [-0.25, -0.2) is 0 Å². The van der Waals surface area contributed by atoms with E-state index in [0.717, 1.165) is 12.1 Å². The first-order valence-electron chi connectivity index (χ1n) is 8.64. The van der Waals surface area contributed by atoms with E-state index in [1.54, 1.807) is 10.9 Å². The normalized spacial score (nSPS) is 25.9. The molecule has 0 radical (unpaired) electrons. The SMILES string of the molecule is C[C@H]1CC(O)(c2ccc(C(F)(F)F)cc2)C[C@@H](c2cn(CCC#N)nn2)N1. The van der Waals surface area contributed by atoms with E-state index in [-0.39, 0.29) is 18.5 Å². The minimum absolute atomic E-state index is 0.0692. The zero-order valence-electron chi connectivity index (χ0n) is 14.7. The summed E-state index contributed by atoms with van der Waals surface area (Å²) in [5, 5.41) is 31.3. The lowest BCUT2D eigenvalue weighted by Gasteiger charge is -2.40. The fourth-order valence-electron chi connectivity index (χ4n) is 3.53. The molecule has 144 valence electrons. The highest BCUT2D eigenvalue weighted by atomic mass is 19.4. The van der Waals surface area contributed by atoms with Crippen LogP contribution >= 0.6 is 0 Å². The van der Waals surface area contributed by atoms with E-state index in [4.69, 9.17) is 5.26 Å². The predicted octanol–water partition coefficient (Wildman–Crippen LogP) is 2.91. The van der Waals surface area contributed by atoms with E-state index in [9.17, 15) is 18.3 Å². The molecule has 0 aliphatic carbocycles. The Labute approximate surface area is 154 Å². The lowest BCUT2D eigenvalue weighted by molar-refractivity contribution is -0.137. The molecule has 1 aliphatic heterocycles. The maximum Gasteiger partial charge on any atom is 0.416 e. The van der Waals surface area contributed by atoms with E-state index >= 15 is 0 Å². The van der Waals surface area contributed by atoms with Crippen molar-refractivity contribution < 1.29 is 18.3 Å². The van der Waals surface area contributed by atoms with Gasteiger partial charge in [0.1, 0.15) is 0 Å². The zero-order chi connectivity index (χ0) is 19.7. The number of piperidine rings is 1. The number of alkyl halides is 3. The summed E-state index contributed by atoms with van der Waals surface area (Å²) in [5.74, 6) is 0. The fourth-order valence-corrected chi connectivity index (χ4v) is 3.53. The average molecular weight is 379 g/mol. The Balaban J connectivity index is 1.81. The van der Waals surface area contributed by atoms with Gasteiger partial charge < -0.3 is 10.4 Å². The number of hydrogen-bond acceptors (Lipinski definition) is 5. The van der Waals surface area contributed by atoms with Gasteiger partial charge in [0, 0.05) is 12.5 Å². The molecule has 0 spiro atoms. The topological polar surface area (TPSA) is 86.8 Å². The molecule has 2 aromatic rings. The summed E-state index contributed by atoms with van der Waals surface area (Å²) in [6.07, 6.45) is -1.74. The fraction of sp³-hybridized carbons (Fsp3) is 0.500. The van der Waals surface area contributed by atoms with Gasteiger partial charge in [-0.15, -0.1) is 5.10 Å². The number of rotatable bonds is 4. The highest BCUT2D eigenvalue weighted by Gasteiger charge is 2.40. The van der Waals surface area contributed by atoms with Crippen LogP contribution in [0.3, 0.4) is 0 Å². The van der Waals surface area contributed by atoms with Gasteiger partial charge in [-0.05, 0) is 31.0 Å². The molecule has 27 heavy (non-hydrogen) atoms. The summed E-state index contributed by atoms with van der Waals surface area (Å²) in [5.41, 5.74) is -0.931. The van der Waals surface area contributed by atoms with Gasteiger partial charge in [-0.3, -0.25) is 4.68 Å². The van der Waals surface area contributed by atoms with E-state index in [2.05, 4.69) is 15.6 Å². The molecule has 0 bridgehead atoms. The first-order chi connectivity index (χ1) is 12.7. The summed E-state index contributed by atoms with van der Waals surface area (Å²) >= 11 is 0. The number of aromatic nitrogens is 3. The minimum Gasteiger partial charge on any atom is -0.385 e. The highest BCUT2D eigenvalue weighted by molar-refractivity contribution is 5.30. The highest BCUT2D eigenvalue weighted by Crippen LogP contribution is 2.40. The van der Waals surface area contributed by atoms with Crippen LogP contribution in [0.15, 0.2) is 30.5 Å². The summed E-state index contributed by atoms with van der Waals surface area (Å²) in [6, 6.07) is 6.33. The average Bonchev–Trinajstić information content (AvgIpc) is 3.07. The number of halogens is 3. The van der Waals surface area contributed by atoms with Crippen molar-refractivity contribution in [1.82, 2.24) is 20.3 Å². The van der Waals surface area contributed by atoms with Gasteiger partial charge >= 0.3 is 6.18 Å². The van der Waals surface area contributed by atoms with Crippen molar-refractivity contribution in [2.75, 3.05) is 0 Å². The molecule has 0 amide bonds. The molecule has 1 aromatic carbocycles. The lowest BCUT2D eigenvalue weighted by Crippen LogP contribution is -2.47. The minimum atomic E-state index is -4.41. The molecule has 2 N–H and O–H groups in total. The van der Waals surface area contributed by atoms with Crippen LogP contribution in [0.1, 0.15) is 49.0 Å². The van der Waals surface area contributed by atoms with Crippen LogP contribution in [0.2, 0.25) is 0 Å². The number of aryl methyl sites for hydroxylation is 1. The smallest absolute Gasteiger partial charge is 0.385 e. The Kier molecular flexibility index (Phi) is 5.22. The number of nitriles is 1. The molecule has 1 aliphatic rings. The van der Waals surface area contributed by atoms with E-state index in [1.807, 2.05) is 13.0 Å². The van der Waals surface area contributed by atoms with E-state index in [0.29, 0.717) is 30.6 Å². The van der Waals surface area contributed by atoms with Crippen molar-refractivity contribution in [2.45, 2.75) is 56.6 Å². The van der Waals surface area contributed by atoms with Crippen molar-refractivity contribution in [3.8, 4) is 6.07 Å². The van der Waals surface area contributed by atoms with Crippen LogP contribution in [0.5, 0.6) is 0 Å². The molecule has 1 saturated heterocycles. The molecule has 2 heterocycles. The van der Waals surface area contributed by atoms with Crippen molar-refractivity contribution >= 4 is 0 Å². The maximum absolute atomic E-state index is 12.8. The Morgan fingerprint density at radius 3 is 2.67 bits per heavy atom. The predicted molar refractivity (Wildman–Crippen MR) is 90.2 cm³/mol. The summed E-state index contributed by atoms with van der Waals surface area (Å²) in [4.78, 5) is 0. The molecular weight excluding hydrogens is 359 g/mol. The molecule has 6 nitrogen and oxygen atoms in total. The monoisotopic (exact) mass is 379 g/mol. The van der Waals surface area contributed by atoms with E-state index < -0.39 is 17.3 Å². The van der Waals surface area contributed by atoms with Gasteiger partial charge in [-0.2, -0.15) is 18.4 Å². The van der Waals surface area contributed by atoms with Crippen molar-refractivity contribution in [3.63, 3.8) is 0 Å². The Morgan fingerprint density at radius 1 is 1.33 bits per heavy atom.